The van der Waals surface area contributed by atoms with Crippen LogP contribution in [0.5, 0.6) is 0 Å². The van der Waals surface area contributed by atoms with Gasteiger partial charge in [-0.2, -0.15) is 0 Å². The van der Waals surface area contributed by atoms with E-state index in [0.717, 1.165) is 29.7 Å². The number of rotatable bonds is 8. The van der Waals surface area contributed by atoms with Crippen LogP contribution in [0.25, 0.3) is 10.2 Å². The zero-order chi connectivity index (χ0) is 20.6. The fourth-order valence-corrected chi connectivity index (χ4v) is 4.52. The molecule has 0 atom stereocenters. The molecular weight excluding hydrogens is 410 g/mol. The maximum atomic E-state index is 12.6. The summed E-state index contributed by atoms with van der Waals surface area (Å²) in [7, 11) is 0. The van der Waals surface area contributed by atoms with Crippen molar-refractivity contribution in [3.8, 4) is 0 Å². The Morgan fingerprint density at radius 2 is 2.00 bits per heavy atom. The molecule has 3 rings (SSSR count). The molecule has 0 radical (unpaired) electrons. The number of hydrogen-bond acceptors (Lipinski definition) is 7. The minimum Gasteiger partial charge on any atom is -0.378 e. The van der Waals surface area contributed by atoms with Crippen molar-refractivity contribution in [1.82, 2.24) is 9.88 Å². The smallest absolute Gasteiger partial charge is 0.254 e. The number of amides is 2. The molecule has 1 aromatic heterocycles. The first kappa shape index (κ1) is 21.7. The highest BCUT2D eigenvalue weighted by molar-refractivity contribution is 8.13. The lowest BCUT2D eigenvalue weighted by atomic mass is 10.2. The lowest BCUT2D eigenvalue weighted by molar-refractivity contribution is -0.116. The van der Waals surface area contributed by atoms with E-state index in [2.05, 4.69) is 10.3 Å². The summed E-state index contributed by atoms with van der Waals surface area (Å²) in [5, 5.41) is 3.53. The number of fused-ring (bicyclic) bond motifs is 1. The topological polar surface area (TPSA) is 88.6 Å². The number of carbonyl (C=O) groups excluding carboxylic acids is 3. The summed E-state index contributed by atoms with van der Waals surface area (Å²) in [6.45, 7) is 3.90. The molecule has 29 heavy (non-hydrogen) atoms. The molecule has 0 unspecified atom stereocenters. The maximum Gasteiger partial charge on any atom is 0.254 e. The molecule has 0 saturated carbocycles. The lowest BCUT2D eigenvalue weighted by Crippen LogP contribution is -2.40. The van der Waals surface area contributed by atoms with Crippen LogP contribution >= 0.6 is 23.1 Å². The van der Waals surface area contributed by atoms with Gasteiger partial charge in [-0.05, 0) is 31.0 Å². The summed E-state index contributed by atoms with van der Waals surface area (Å²) in [5.41, 5.74) is 1.32. The number of ether oxygens (including phenoxy) is 1. The molecule has 1 N–H and O–H groups in total. The van der Waals surface area contributed by atoms with Crippen LogP contribution in [-0.4, -0.2) is 58.9 Å². The first-order valence-corrected chi connectivity index (χ1v) is 11.5. The number of anilines is 1. The summed E-state index contributed by atoms with van der Waals surface area (Å²) < 4.78 is 6.22. The number of morpholine rings is 1. The highest BCUT2D eigenvalue weighted by atomic mass is 32.2. The largest absolute Gasteiger partial charge is 0.378 e. The van der Waals surface area contributed by atoms with E-state index in [1.807, 2.05) is 12.1 Å². The normalized spacial score (nSPS) is 14.2. The van der Waals surface area contributed by atoms with Crippen molar-refractivity contribution in [2.45, 2.75) is 32.6 Å². The Morgan fingerprint density at radius 3 is 2.76 bits per heavy atom. The van der Waals surface area contributed by atoms with Crippen molar-refractivity contribution in [3.63, 3.8) is 0 Å². The average molecular weight is 436 g/mol. The first-order valence-electron chi connectivity index (χ1n) is 9.74. The second kappa shape index (κ2) is 10.7. The Hall–Kier alpha value is -1.97. The van der Waals surface area contributed by atoms with Crippen molar-refractivity contribution in [2.75, 3.05) is 37.4 Å². The third-order valence-electron chi connectivity index (χ3n) is 4.53. The number of benzene rings is 1. The summed E-state index contributed by atoms with van der Waals surface area (Å²) in [6.07, 6.45) is 3.06. The molecule has 1 aromatic carbocycles. The van der Waals surface area contributed by atoms with Gasteiger partial charge in [0, 0.05) is 37.8 Å². The number of nitrogens with one attached hydrogen (secondary N) is 1. The highest BCUT2D eigenvalue weighted by Gasteiger charge is 2.19. The predicted molar refractivity (Wildman–Crippen MR) is 117 cm³/mol. The zero-order valence-corrected chi connectivity index (χ0v) is 18.1. The molecule has 0 aliphatic carbocycles. The summed E-state index contributed by atoms with van der Waals surface area (Å²) in [4.78, 5) is 41.9. The maximum absolute atomic E-state index is 12.6. The van der Waals surface area contributed by atoms with Gasteiger partial charge in [-0.25, -0.2) is 4.98 Å². The molecular formula is C20H25N3O4S2. The third kappa shape index (κ3) is 6.52. The van der Waals surface area contributed by atoms with Crippen LogP contribution in [0.1, 0.15) is 43.0 Å². The molecule has 1 aliphatic rings. The Balaban J connectivity index is 1.51. The first-order chi connectivity index (χ1) is 14.0. The van der Waals surface area contributed by atoms with E-state index in [4.69, 9.17) is 4.74 Å². The minimum absolute atomic E-state index is 0.0169. The molecule has 1 aliphatic heterocycles. The molecule has 156 valence electrons. The van der Waals surface area contributed by atoms with Crippen LogP contribution in [0.3, 0.4) is 0 Å². The van der Waals surface area contributed by atoms with Gasteiger partial charge >= 0.3 is 0 Å². The summed E-state index contributed by atoms with van der Waals surface area (Å²) in [5.74, 6) is 0.727. The molecule has 2 amide bonds. The second-order valence-corrected chi connectivity index (χ2v) is 9.11. The number of aromatic nitrogens is 1. The molecule has 2 heterocycles. The second-order valence-electron chi connectivity index (χ2n) is 6.80. The van der Waals surface area contributed by atoms with Crippen LogP contribution in [-0.2, 0) is 14.3 Å². The van der Waals surface area contributed by atoms with Crippen molar-refractivity contribution in [3.05, 3.63) is 23.8 Å². The van der Waals surface area contributed by atoms with E-state index in [1.165, 1.54) is 23.1 Å². The van der Waals surface area contributed by atoms with Gasteiger partial charge in [-0.3, -0.25) is 14.4 Å². The number of thioether (sulfide) groups is 1. The Bertz CT molecular complexity index is 878. The van der Waals surface area contributed by atoms with Crippen molar-refractivity contribution in [2.24, 2.45) is 0 Å². The van der Waals surface area contributed by atoms with E-state index in [0.29, 0.717) is 48.9 Å². The van der Waals surface area contributed by atoms with Crippen LogP contribution in [0, 0.1) is 0 Å². The van der Waals surface area contributed by atoms with E-state index in [-0.39, 0.29) is 16.9 Å². The quantitative estimate of drug-likeness (QED) is 0.638. The lowest BCUT2D eigenvalue weighted by Gasteiger charge is -2.26. The summed E-state index contributed by atoms with van der Waals surface area (Å²) in [6, 6.07) is 5.47. The summed E-state index contributed by atoms with van der Waals surface area (Å²) >= 11 is 2.73. The monoisotopic (exact) mass is 435 g/mol. The van der Waals surface area contributed by atoms with Gasteiger partial charge in [0.25, 0.3) is 5.91 Å². The standard InChI is InChI=1S/C20H25N3O4S2/c1-14(24)28-12-4-2-3-5-18(25)22-20-21-16-13-15(6-7-17(16)29-20)19(26)23-8-10-27-11-9-23/h6-7,13H,2-5,8-12H2,1H3,(H,21,22,25). The minimum atomic E-state index is -0.0621. The number of unbranched alkanes of at least 4 members (excludes halogenated alkanes) is 2. The van der Waals surface area contributed by atoms with Gasteiger partial charge in [0.1, 0.15) is 0 Å². The average Bonchev–Trinajstić information content (AvgIpc) is 3.11. The molecule has 2 aromatic rings. The van der Waals surface area contributed by atoms with Crippen LogP contribution in [0.4, 0.5) is 5.13 Å². The third-order valence-corrected chi connectivity index (χ3v) is 6.38. The fraction of sp³-hybridized carbons (Fsp3) is 0.500. The number of nitrogens with zero attached hydrogens (tertiary/aromatic N) is 2. The Kier molecular flexibility index (Phi) is 8.02. The van der Waals surface area contributed by atoms with Crippen molar-refractivity contribution in [1.29, 1.82) is 0 Å². The van der Waals surface area contributed by atoms with Crippen molar-refractivity contribution >= 4 is 55.4 Å². The molecule has 9 heteroatoms. The van der Waals surface area contributed by atoms with Gasteiger partial charge in [-0.1, -0.05) is 29.5 Å². The van der Waals surface area contributed by atoms with Gasteiger partial charge in [0.2, 0.25) is 5.91 Å². The SMILES string of the molecule is CC(=O)SCCCCCC(=O)Nc1nc2cc(C(=O)N3CCOCC3)ccc2s1. The van der Waals surface area contributed by atoms with Crippen molar-refractivity contribution < 1.29 is 19.1 Å². The van der Waals surface area contributed by atoms with Gasteiger partial charge < -0.3 is 15.0 Å². The Labute approximate surface area is 178 Å². The molecule has 1 saturated heterocycles. The molecule has 7 nitrogen and oxygen atoms in total. The van der Waals surface area contributed by atoms with E-state index >= 15 is 0 Å². The van der Waals surface area contributed by atoms with E-state index < -0.39 is 0 Å². The predicted octanol–water partition coefficient (Wildman–Crippen LogP) is 3.55. The van der Waals surface area contributed by atoms with Gasteiger partial charge in [0.05, 0.1) is 23.4 Å². The number of thiazole rings is 1. The highest BCUT2D eigenvalue weighted by Crippen LogP contribution is 2.27. The Morgan fingerprint density at radius 1 is 1.21 bits per heavy atom. The van der Waals surface area contributed by atoms with E-state index in [9.17, 15) is 14.4 Å². The fourth-order valence-electron chi connectivity index (χ4n) is 3.03. The molecule has 0 bridgehead atoms. The number of carbonyl (C=O) groups is 3. The van der Waals surface area contributed by atoms with Gasteiger partial charge in [-0.15, -0.1) is 0 Å². The van der Waals surface area contributed by atoms with Crippen LogP contribution in [0.2, 0.25) is 0 Å². The van der Waals surface area contributed by atoms with E-state index in [1.54, 1.807) is 17.9 Å². The molecule has 1 fully saturated rings. The zero-order valence-electron chi connectivity index (χ0n) is 16.4. The number of hydrogen-bond donors (Lipinski definition) is 1. The van der Waals surface area contributed by atoms with Crippen LogP contribution < -0.4 is 5.32 Å². The molecule has 0 spiro atoms. The van der Waals surface area contributed by atoms with Gasteiger partial charge in [0.15, 0.2) is 10.2 Å². The van der Waals surface area contributed by atoms with Crippen LogP contribution in [0.15, 0.2) is 18.2 Å².